The van der Waals surface area contributed by atoms with Crippen LogP contribution in [0, 0.1) is 5.82 Å². The van der Waals surface area contributed by atoms with Crippen molar-refractivity contribution in [2.24, 2.45) is 0 Å². The Kier molecular flexibility index (Phi) is 8.81. The number of hydrogen-bond donors (Lipinski definition) is 3. The lowest BCUT2D eigenvalue weighted by Crippen LogP contribution is -2.35. The minimum atomic E-state index is -0.289. The van der Waals surface area contributed by atoms with Gasteiger partial charge in [0.05, 0.1) is 0 Å². The minimum Gasteiger partial charge on any atom is -0.354 e. The van der Waals surface area contributed by atoms with Gasteiger partial charge in [0.25, 0.3) is 0 Å². The van der Waals surface area contributed by atoms with Crippen molar-refractivity contribution in [1.29, 1.82) is 0 Å². The van der Waals surface area contributed by atoms with Gasteiger partial charge in [-0.2, -0.15) is 0 Å². The normalized spacial score (nSPS) is 16.9. The second kappa shape index (κ2) is 12.0. The summed E-state index contributed by atoms with van der Waals surface area (Å²) in [7, 11) is 0. The van der Waals surface area contributed by atoms with Gasteiger partial charge < -0.3 is 15.6 Å². The molecule has 2 aliphatic rings. The summed E-state index contributed by atoms with van der Waals surface area (Å²) in [6, 6.07) is 19.1. The molecule has 0 bridgehead atoms. The van der Waals surface area contributed by atoms with E-state index < -0.39 is 0 Å². The summed E-state index contributed by atoms with van der Waals surface area (Å²) in [5, 5.41) is 5.00. The lowest BCUT2D eigenvalue weighted by molar-refractivity contribution is -0.123. The van der Waals surface area contributed by atoms with Gasteiger partial charge in [0.2, 0.25) is 12.3 Å². The second-order valence-electron chi connectivity index (χ2n) is 7.93. The zero-order valence-electron chi connectivity index (χ0n) is 19.2. The van der Waals surface area contributed by atoms with Crippen molar-refractivity contribution in [1.82, 2.24) is 15.6 Å². The van der Waals surface area contributed by atoms with E-state index in [-0.39, 0.29) is 17.8 Å². The highest BCUT2D eigenvalue weighted by Gasteiger charge is 2.25. The van der Waals surface area contributed by atoms with Crippen LogP contribution in [0.2, 0.25) is 0 Å². The summed E-state index contributed by atoms with van der Waals surface area (Å²) >= 11 is 0. The van der Waals surface area contributed by atoms with Gasteiger partial charge in [-0.15, -0.1) is 0 Å². The molecule has 2 heterocycles. The molecule has 0 spiro atoms. The lowest BCUT2D eigenvalue weighted by Gasteiger charge is -2.25. The van der Waals surface area contributed by atoms with Gasteiger partial charge in [-0.05, 0) is 72.2 Å². The maximum absolute atomic E-state index is 13.1. The third kappa shape index (κ3) is 6.09. The number of halogens is 1. The number of benzene rings is 2. The van der Waals surface area contributed by atoms with E-state index in [0.717, 1.165) is 11.3 Å². The summed E-state index contributed by atoms with van der Waals surface area (Å²) < 4.78 is 13.1. The molecule has 3 aromatic rings. The first-order valence-corrected chi connectivity index (χ1v) is 11.7. The van der Waals surface area contributed by atoms with Crippen LogP contribution in [0.1, 0.15) is 51.0 Å². The molecule has 1 saturated heterocycles. The average Bonchev–Trinajstić information content (AvgIpc) is 3.43. The largest absolute Gasteiger partial charge is 0.354 e. The third-order valence-corrected chi connectivity index (χ3v) is 5.93. The standard InChI is InChI=1S/C20H18FN.C5H8N2O2.C2H6/c21-17-11-9-15(10-12-17)19-13-18(14-7-4-8-14)20(22-19)16-5-2-1-3-6-16;8-3-7-4-1-2-6-5(4)9;1-2/h1-3,5-6,9-14,22H,4,7-8H2;3-4H,1-2H2,(H,6,9)(H,7,8);1-2H3. The molecule has 1 aromatic heterocycles. The van der Waals surface area contributed by atoms with E-state index in [1.807, 2.05) is 32.0 Å². The molecule has 5 rings (SSSR count). The van der Waals surface area contributed by atoms with Crippen LogP contribution in [0.25, 0.3) is 22.5 Å². The van der Waals surface area contributed by atoms with Crippen molar-refractivity contribution in [2.75, 3.05) is 6.54 Å². The van der Waals surface area contributed by atoms with Crippen LogP contribution in [0.4, 0.5) is 4.39 Å². The van der Waals surface area contributed by atoms with Crippen LogP contribution in [0.5, 0.6) is 0 Å². The van der Waals surface area contributed by atoms with Crippen LogP contribution < -0.4 is 10.6 Å². The molecule has 2 aromatic carbocycles. The van der Waals surface area contributed by atoms with Crippen molar-refractivity contribution < 1.29 is 14.0 Å². The number of H-pyrrole nitrogens is 1. The van der Waals surface area contributed by atoms with E-state index in [9.17, 15) is 14.0 Å². The van der Waals surface area contributed by atoms with Crippen molar-refractivity contribution >= 4 is 12.3 Å². The Morgan fingerprint density at radius 2 is 1.67 bits per heavy atom. The van der Waals surface area contributed by atoms with Crippen LogP contribution in [-0.2, 0) is 9.59 Å². The monoisotopic (exact) mass is 449 g/mol. The first-order chi connectivity index (χ1) is 16.2. The quantitative estimate of drug-likeness (QED) is 0.456. The molecule has 174 valence electrons. The van der Waals surface area contributed by atoms with Crippen molar-refractivity contribution in [3.8, 4) is 22.5 Å². The van der Waals surface area contributed by atoms with Crippen molar-refractivity contribution in [3.63, 3.8) is 0 Å². The molecule has 0 radical (unpaired) electrons. The SMILES string of the molecule is CC.Fc1ccc(-c2cc(C3CCC3)c(-c3ccccc3)[nH]2)cc1.O=CNC1CCNC1=O. The number of aromatic nitrogens is 1. The molecule has 6 heteroatoms. The summed E-state index contributed by atoms with van der Waals surface area (Å²) in [6.07, 6.45) is 5.10. The summed E-state index contributed by atoms with van der Waals surface area (Å²) in [5.74, 6) is 0.376. The van der Waals surface area contributed by atoms with E-state index in [2.05, 4.69) is 45.9 Å². The van der Waals surface area contributed by atoms with Crippen LogP contribution in [-0.4, -0.2) is 29.9 Å². The maximum Gasteiger partial charge on any atom is 0.242 e. The lowest BCUT2D eigenvalue weighted by atomic mass is 9.79. The topological polar surface area (TPSA) is 74.0 Å². The van der Waals surface area contributed by atoms with Crippen LogP contribution >= 0.6 is 0 Å². The van der Waals surface area contributed by atoms with Gasteiger partial charge in [-0.1, -0.05) is 50.6 Å². The van der Waals surface area contributed by atoms with Gasteiger partial charge >= 0.3 is 0 Å². The number of carbonyl (C=O) groups excluding carboxylic acids is 2. The molecule has 2 amide bonds. The Hall–Kier alpha value is -3.41. The predicted octanol–water partition coefficient (Wildman–Crippen LogP) is 5.40. The molecule has 3 N–H and O–H groups in total. The number of rotatable bonds is 5. The first-order valence-electron chi connectivity index (χ1n) is 11.7. The molecular formula is C27H32FN3O2. The van der Waals surface area contributed by atoms with Crippen LogP contribution in [0.3, 0.4) is 0 Å². The van der Waals surface area contributed by atoms with E-state index in [0.29, 0.717) is 25.3 Å². The Bertz CT molecular complexity index is 1030. The fourth-order valence-electron chi connectivity index (χ4n) is 3.98. The zero-order chi connectivity index (χ0) is 23.6. The molecule has 1 saturated carbocycles. The molecule has 1 aliphatic heterocycles. The van der Waals surface area contributed by atoms with Crippen molar-refractivity contribution in [2.45, 2.75) is 51.5 Å². The molecule has 1 atom stereocenters. The highest BCUT2D eigenvalue weighted by Crippen LogP contribution is 2.42. The third-order valence-electron chi connectivity index (χ3n) is 5.93. The summed E-state index contributed by atoms with van der Waals surface area (Å²) in [4.78, 5) is 24.0. The Morgan fingerprint density at radius 3 is 2.21 bits per heavy atom. The fourth-order valence-corrected chi connectivity index (χ4v) is 3.98. The van der Waals surface area contributed by atoms with Gasteiger partial charge in [0.15, 0.2) is 0 Å². The van der Waals surface area contributed by atoms with Crippen molar-refractivity contribution in [3.05, 3.63) is 72.0 Å². The second-order valence-corrected chi connectivity index (χ2v) is 7.93. The van der Waals surface area contributed by atoms with Gasteiger partial charge in [0, 0.05) is 17.9 Å². The van der Waals surface area contributed by atoms with E-state index in [1.54, 1.807) is 0 Å². The Labute approximate surface area is 194 Å². The van der Waals surface area contributed by atoms with E-state index >= 15 is 0 Å². The number of carbonyl (C=O) groups is 2. The van der Waals surface area contributed by atoms with Gasteiger partial charge in [0.1, 0.15) is 11.9 Å². The highest BCUT2D eigenvalue weighted by atomic mass is 19.1. The number of amides is 2. The minimum absolute atomic E-state index is 0.0814. The maximum atomic E-state index is 13.1. The molecule has 1 aliphatic carbocycles. The van der Waals surface area contributed by atoms with Crippen LogP contribution in [0.15, 0.2) is 60.7 Å². The summed E-state index contributed by atoms with van der Waals surface area (Å²) in [5.41, 5.74) is 5.93. The Balaban J connectivity index is 0.000000234. The number of aromatic amines is 1. The molecule has 1 unspecified atom stereocenters. The molecular weight excluding hydrogens is 417 g/mol. The van der Waals surface area contributed by atoms with E-state index in [4.69, 9.17) is 0 Å². The van der Waals surface area contributed by atoms with Gasteiger partial charge in [-0.25, -0.2) is 4.39 Å². The fraction of sp³-hybridized carbons (Fsp3) is 0.333. The molecule has 5 nitrogen and oxygen atoms in total. The zero-order valence-corrected chi connectivity index (χ0v) is 19.2. The highest BCUT2D eigenvalue weighted by molar-refractivity contribution is 5.85. The van der Waals surface area contributed by atoms with Gasteiger partial charge in [-0.3, -0.25) is 9.59 Å². The predicted molar refractivity (Wildman–Crippen MR) is 130 cm³/mol. The molecule has 2 fully saturated rings. The average molecular weight is 450 g/mol. The molecule has 33 heavy (non-hydrogen) atoms. The Morgan fingerprint density at radius 1 is 0.970 bits per heavy atom. The number of hydrogen-bond acceptors (Lipinski definition) is 2. The number of nitrogens with one attached hydrogen (secondary N) is 3. The summed E-state index contributed by atoms with van der Waals surface area (Å²) in [6.45, 7) is 4.67. The first kappa shape index (κ1) is 24.2. The van der Waals surface area contributed by atoms with E-state index in [1.165, 1.54) is 48.2 Å². The smallest absolute Gasteiger partial charge is 0.242 e.